The van der Waals surface area contributed by atoms with E-state index < -0.39 is 0 Å². The van der Waals surface area contributed by atoms with E-state index in [-0.39, 0.29) is 17.9 Å². The number of rotatable bonds is 4. The summed E-state index contributed by atoms with van der Waals surface area (Å²) in [5, 5.41) is 3.72. The molecule has 1 saturated heterocycles. The number of benzene rings is 2. The number of anilines is 2. The fourth-order valence-electron chi connectivity index (χ4n) is 4.49. The highest BCUT2D eigenvalue weighted by Gasteiger charge is 2.41. The Hall–Kier alpha value is -2.40. The number of para-hydroxylation sites is 1. The second-order valence-corrected chi connectivity index (χ2v) is 7.79. The maximum Gasteiger partial charge on any atom is 0.225 e. The number of nitrogens with one attached hydrogen (secondary N) is 1. The summed E-state index contributed by atoms with van der Waals surface area (Å²) in [6, 6.07) is 14.3. The molecule has 148 valence electrons. The van der Waals surface area contributed by atoms with Crippen molar-refractivity contribution >= 4 is 28.9 Å². The van der Waals surface area contributed by atoms with E-state index in [1.165, 1.54) is 11.3 Å². The van der Waals surface area contributed by atoms with Gasteiger partial charge in [0, 0.05) is 36.9 Å². The van der Waals surface area contributed by atoms with Crippen LogP contribution >= 0.6 is 11.6 Å². The molecule has 1 amide bonds. The van der Waals surface area contributed by atoms with Crippen molar-refractivity contribution in [3.63, 3.8) is 0 Å². The van der Waals surface area contributed by atoms with Crippen LogP contribution in [0.3, 0.4) is 0 Å². The third-order valence-electron chi connectivity index (χ3n) is 5.79. The minimum atomic E-state index is -0.0807. The fraction of sp³-hybridized carbons (Fsp3) is 0.409. The van der Waals surface area contributed by atoms with E-state index in [1.807, 2.05) is 25.1 Å². The molecular formula is C22H26ClN3O2. The zero-order valence-corrected chi connectivity index (χ0v) is 17.1. The van der Waals surface area contributed by atoms with Gasteiger partial charge in [0.15, 0.2) is 0 Å². The van der Waals surface area contributed by atoms with E-state index in [9.17, 15) is 4.79 Å². The highest BCUT2D eigenvalue weighted by molar-refractivity contribution is 6.30. The van der Waals surface area contributed by atoms with Crippen LogP contribution in [0.4, 0.5) is 11.4 Å². The quantitative estimate of drug-likeness (QED) is 0.856. The zero-order chi connectivity index (χ0) is 19.7. The first-order valence-electron chi connectivity index (χ1n) is 9.83. The Morgan fingerprint density at radius 3 is 2.82 bits per heavy atom. The first-order chi connectivity index (χ1) is 13.6. The largest absolute Gasteiger partial charge is 0.495 e. The molecule has 0 bridgehead atoms. The molecule has 0 saturated carbocycles. The molecule has 28 heavy (non-hydrogen) atoms. The van der Waals surface area contributed by atoms with Gasteiger partial charge in [-0.15, -0.1) is 0 Å². The van der Waals surface area contributed by atoms with Crippen LogP contribution in [-0.4, -0.2) is 45.2 Å². The van der Waals surface area contributed by atoms with Crippen LogP contribution in [0.1, 0.15) is 12.5 Å². The van der Waals surface area contributed by atoms with Crippen molar-refractivity contribution in [2.45, 2.75) is 19.4 Å². The van der Waals surface area contributed by atoms with E-state index in [0.717, 1.165) is 37.5 Å². The molecule has 2 aromatic rings. The number of amides is 1. The lowest BCUT2D eigenvalue weighted by molar-refractivity contribution is -0.125. The maximum atomic E-state index is 12.9. The lowest BCUT2D eigenvalue weighted by Crippen LogP contribution is -2.61. The topological polar surface area (TPSA) is 44.8 Å². The normalized spacial score (nSPS) is 21.0. The molecule has 0 aliphatic carbocycles. The number of hydrogen-bond acceptors (Lipinski definition) is 4. The highest BCUT2D eigenvalue weighted by Crippen LogP contribution is 2.39. The molecule has 5 nitrogen and oxygen atoms in total. The third-order valence-corrected chi connectivity index (χ3v) is 6.03. The van der Waals surface area contributed by atoms with Gasteiger partial charge in [0.2, 0.25) is 5.91 Å². The predicted molar refractivity (Wildman–Crippen MR) is 114 cm³/mol. The molecule has 2 aliphatic rings. The summed E-state index contributed by atoms with van der Waals surface area (Å²) >= 11 is 6.26. The van der Waals surface area contributed by atoms with Gasteiger partial charge in [-0.2, -0.15) is 0 Å². The van der Waals surface area contributed by atoms with Gasteiger partial charge in [-0.05, 0) is 43.2 Å². The van der Waals surface area contributed by atoms with Crippen molar-refractivity contribution in [1.29, 1.82) is 0 Å². The SMILES string of the molecule is CCNC(=O)C1Cc2ccccc2N2CCN(c3cc(Cl)ccc3OC)CC12. The number of carbonyl (C=O) groups excluding carboxylic acids is 1. The number of fused-ring (bicyclic) bond motifs is 3. The van der Waals surface area contributed by atoms with Crippen LogP contribution in [0.25, 0.3) is 0 Å². The van der Waals surface area contributed by atoms with E-state index in [2.05, 4.69) is 39.4 Å². The van der Waals surface area contributed by atoms with Crippen LogP contribution in [0.5, 0.6) is 5.75 Å². The summed E-state index contributed by atoms with van der Waals surface area (Å²) in [4.78, 5) is 17.6. The lowest BCUT2D eigenvalue weighted by atomic mass is 9.83. The van der Waals surface area contributed by atoms with Crippen molar-refractivity contribution in [3.05, 3.63) is 53.1 Å². The minimum Gasteiger partial charge on any atom is -0.495 e. The van der Waals surface area contributed by atoms with Gasteiger partial charge in [0.05, 0.1) is 24.8 Å². The molecule has 2 heterocycles. The molecule has 4 rings (SSSR count). The molecule has 1 fully saturated rings. The van der Waals surface area contributed by atoms with E-state index in [1.54, 1.807) is 7.11 Å². The molecule has 2 atom stereocenters. The molecule has 2 aliphatic heterocycles. The Bertz CT molecular complexity index is 873. The molecule has 6 heteroatoms. The van der Waals surface area contributed by atoms with E-state index >= 15 is 0 Å². The van der Waals surface area contributed by atoms with Gasteiger partial charge >= 0.3 is 0 Å². The second kappa shape index (κ2) is 7.92. The summed E-state index contributed by atoms with van der Waals surface area (Å²) in [6.45, 7) is 5.08. The van der Waals surface area contributed by atoms with Crippen molar-refractivity contribution < 1.29 is 9.53 Å². The Balaban J connectivity index is 1.68. The number of hydrogen-bond donors (Lipinski definition) is 1. The fourth-order valence-corrected chi connectivity index (χ4v) is 4.66. The lowest BCUT2D eigenvalue weighted by Gasteiger charge is -2.49. The summed E-state index contributed by atoms with van der Waals surface area (Å²) in [5.74, 6) is 0.860. The first-order valence-corrected chi connectivity index (χ1v) is 10.2. The van der Waals surface area contributed by atoms with Gasteiger partial charge in [0.1, 0.15) is 5.75 Å². The molecule has 0 aromatic heterocycles. The Morgan fingerprint density at radius 2 is 2.04 bits per heavy atom. The van der Waals surface area contributed by atoms with Gasteiger partial charge in [-0.1, -0.05) is 29.8 Å². The molecule has 1 N–H and O–H groups in total. The molecule has 2 unspecified atom stereocenters. The van der Waals surface area contributed by atoms with Crippen molar-refractivity contribution in [2.75, 3.05) is 43.1 Å². The summed E-state index contributed by atoms with van der Waals surface area (Å²) in [7, 11) is 1.68. The van der Waals surface area contributed by atoms with Crippen LogP contribution in [0.2, 0.25) is 5.02 Å². The highest BCUT2D eigenvalue weighted by atomic mass is 35.5. The van der Waals surface area contributed by atoms with E-state index in [4.69, 9.17) is 16.3 Å². The predicted octanol–water partition coefficient (Wildman–Crippen LogP) is 3.35. The average molecular weight is 400 g/mol. The average Bonchev–Trinajstić information content (AvgIpc) is 2.73. The van der Waals surface area contributed by atoms with Crippen molar-refractivity contribution in [1.82, 2.24) is 5.32 Å². The molecular weight excluding hydrogens is 374 g/mol. The van der Waals surface area contributed by atoms with Crippen LogP contribution in [-0.2, 0) is 11.2 Å². The van der Waals surface area contributed by atoms with E-state index in [0.29, 0.717) is 11.6 Å². The maximum absolute atomic E-state index is 12.9. The number of carbonyl (C=O) groups is 1. The van der Waals surface area contributed by atoms with Gasteiger partial charge in [-0.3, -0.25) is 4.79 Å². The number of methoxy groups -OCH3 is 1. The summed E-state index contributed by atoms with van der Waals surface area (Å²) in [6.07, 6.45) is 0.768. The Labute approximate surface area is 171 Å². The number of halogens is 1. The summed E-state index contributed by atoms with van der Waals surface area (Å²) in [5.41, 5.74) is 3.50. The van der Waals surface area contributed by atoms with Gasteiger partial charge in [0.25, 0.3) is 0 Å². The second-order valence-electron chi connectivity index (χ2n) is 7.36. The molecule has 2 aromatic carbocycles. The Kier molecular flexibility index (Phi) is 5.36. The van der Waals surface area contributed by atoms with Crippen LogP contribution in [0, 0.1) is 5.92 Å². The number of ether oxygens (including phenoxy) is 1. The smallest absolute Gasteiger partial charge is 0.225 e. The molecule has 0 spiro atoms. The minimum absolute atomic E-state index is 0.0807. The zero-order valence-electron chi connectivity index (χ0n) is 16.3. The number of piperazine rings is 1. The third kappa shape index (κ3) is 3.39. The van der Waals surface area contributed by atoms with Gasteiger partial charge in [-0.25, -0.2) is 0 Å². The summed E-state index contributed by atoms with van der Waals surface area (Å²) < 4.78 is 5.57. The van der Waals surface area contributed by atoms with Crippen LogP contribution < -0.4 is 19.9 Å². The standard InChI is InChI=1S/C22H26ClN3O2/c1-3-24-22(27)17-12-15-6-4-5-7-18(15)26-11-10-25(14-20(17)26)19-13-16(23)8-9-21(19)28-2/h4-9,13,17,20H,3,10-12,14H2,1-2H3,(H,24,27). The Morgan fingerprint density at radius 1 is 1.21 bits per heavy atom. The monoisotopic (exact) mass is 399 g/mol. The molecule has 0 radical (unpaired) electrons. The number of nitrogens with zero attached hydrogens (tertiary/aromatic N) is 2. The van der Waals surface area contributed by atoms with Crippen molar-refractivity contribution in [3.8, 4) is 5.75 Å². The first kappa shape index (κ1) is 18.9. The van der Waals surface area contributed by atoms with Crippen LogP contribution in [0.15, 0.2) is 42.5 Å². The van der Waals surface area contributed by atoms with Crippen molar-refractivity contribution in [2.24, 2.45) is 5.92 Å². The van der Waals surface area contributed by atoms with Gasteiger partial charge < -0.3 is 19.9 Å².